The number of carbonyl (C=O) groups is 1. The van der Waals surface area contributed by atoms with Crippen LogP contribution in [0.25, 0.3) is 0 Å². The zero-order chi connectivity index (χ0) is 14.1. The first kappa shape index (κ1) is 17.2. The van der Waals surface area contributed by atoms with Crippen LogP contribution in [0.5, 0.6) is 0 Å². The van der Waals surface area contributed by atoms with E-state index in [0.717, 1.165) is 13.0 Å². The molecule has 0 saturated carbocycles. The zero-order valence-corrected chi connectivity index (χ0v) is 12.9. The third-order valence-corrected chi connectivity index (χ3v) is 3.33. The molecular formula is C15H30N2O. The number of likely N-dealkylation sites (tertiary alicyclic amines) is 1. The number of hydrogen-bond donors (Lipinski definition) is 1. The largest absolute Gasteiger partial charge is 0.358 e. The molecule has 3 heteroatoms. The van der Waals surface area contributed by atoms with Gasteiger partial charge in [0.1, 0.15) is 0 Å². The van der Waals surface area contributed by atoms with Gasteiger partial charge in [-0.25, -0.2) is 0 Å². The Morgan fingerprint density at radius 2 is 2.00 bits per heavy atom. The smallest absolute Gasteiger partial charge is 0.237 e. The van der Waals surface area contributed by atoms with E-state index in [0.29, 0.717) is 12.0 Å². The topological polar surface area (TPSA) is 32.3 Å². The predicted octanol–water partition coefficient (Wildman–Crippen LogP) is 2.82. The molecule has 1 aliphatic heterocycles. The number of allylic oxidation sites excluding steroid dienone is 1. The number of rotatable bonds is 3. The average molecular weight is 254 g/mol. The lowest BCUT2D eigenvalue weighted by molar-refractivity contribution is -0.129. The highest BCUT2D eigenvalue weighted by atomic mass is 16.2. The summed E-state index contributed by atoms with van der Waals surface area (Å²) in [7, 11) is 1.72. The number of nitrogens with zero attached hydrogens (tertiary/aromatic N) is 1. The second-order valence-corrected chi connectivity index (χ2v) is 4.72. The second-order valence-electron chi connectivity index (χ2n) is 4.72. The van der Waals surface area contributed by atoms with Crippen molar-refractivity contribution in [1.82, 2.24) is 10.2 Å². The molecule has 0 spiro atoms. The normalized spacial score (nSPS) is 24.8. The fraction of sp³-hybridized carbons (Fsp3) is 0.800. The third-order valence-electron chi connectivity index (χ3n) is 3.33. The quantitative estimate of drug-likeness (QED) is 0.786. The Bertz CT molecular complexity index is 261. The number of likely N-dealkylation sites (N-methyl/N-ethyl adjacent to an activating group) is 1. The van der Waals surface area contributed by atoms with Gasteiger partial charge in [-0.15, -0.1) is 0 Å². The molecule has 0 aromatic carbocycles. The predicted molar refractivity (Wildman–Crippen MR) is 78.6 cm³/mol. The van der Waals surface area contributed by atoms with E-state index in [1.54, 1.807) is 7.05 Å². The molecule has 2 atom stereocenters. The molecule has 0 aliphatic carbocycles. The van der Waals surface area contributed by atoms with Crippen molar-refractivity contribution in [2.24, 2.45) is 5.92 Å². The molecule has 0 aromatic heterocycles. The van der Waals surface area contributed by atoms with E-state index < -0.39 is 0 Å². The van der Waals surface area contributed by atoms with Gasteiger partial charge >= 0.3 is 0 Å². The van der Waals surface area contributed by atoms with Gasteiger partial charge in [-0.3, -0.25) is 9.69 Å². The molecule has 1 N–H and O–H groups in total. The molecule has 3 nitrogen and oxygen atoms in total. The molecule has 0 aromatic rings. The Labute approximate surface area is 113 Å². The molecule has 106 valence electrons. The summed E-state index contributed by atoms with van der Waals surface area (Å²) in [6.45, 7) is 11.4. The van der Waals surface area contributed by atoms with Crippen LogP contribution in [0.1, 0.15) is 47.5 Å². The fourth-order valence-electron chi connectivity index (χ4n) is 2.57. The summed E-state index contributed by atoms with van der Waals surface area (Å²) in [4.78, 5) is 14.3. The summed E-state index contributed by atoms with van der Waals surface area (Å²) in [5.41, 5.74) is 0. The van der Waals surface area contributed by atoms with Crippen LogP contribution in [0, 0.1) is 5.92 Å². The first-order valence-corrected chi connectivity index (χ1v) is 7.22. The van der Waals surface area contributed by atoms with Crippen LogP contribution >= 0.6 is 0 Å². The average Bonchev–Trinajstić information content (AvgIpc) is 2.40. The van der Waals surface area contributed by atoms with Crippen LogP contribution in [-0.4, -0.2) is 36.5 Å². The minimum atomic E-state index is 0.00921. The minimum Gasteiger partial charge on any atom is -0.358 e. The Kier molecular flexibility index (Phi) is 8.73. The maximum absolute atomic E-state index is 12.0. The maximum atomic E-state index is 12.0. The molecule has 1 rings (SSSR count). The van der Waals surface area contributed by atoms with Crippen molar-refractivity contribution in [3.8, 4) is 0 Å². The van der Waals surface area contributed by atoms with Gasteiger partial charge in [0.25, 0.3) is 0 Å². The van der Waals surface area contributed by atoms with Gasteiger partial charge < -0.3 is 5.32 Å². The number of piperidine rings is 1. The number of carbonyl (C=O) groups excluding carboxylic acids is 1. The Morgan fingerprint density at radius 3 is 2.44 bits per heavy atom. The Morgan fingerprint density at radius 1 is 1.39 bits per heavy atom. The van der Waals surface area contributed by atoms with Gasteiger partial charge in [0.2, 0.25) is 5.91 Å². The monoisotopic (exact) mass is 254 g/mol. The lowest BCUT2D eigenvalue weighted by Crippen LogP contribution is -2.55. The summed E-state index contributed by atoms with van der Waals surface area (Å²) < 4.78 is 0. The molecule has 1 heterocycles. The fourth-order valence-corrected chi connectivity index (χ4v) is 2.57. The molecule has 1 fully saturated rings. The Hall–Kier alpha value is -0.830. The highest BCUT2D eigenvalue weighted by molar-refractivity contribution is 5.82. The summed E-state index contributed by atoms with van der Waals surface area (Å²) in [5.74, 6) is 0.512. The van der Waals surface area contributed by atoms with E-state index >= 15 is 0 Å². The van der Waals surface area contributed by atoms with Crippen molar-refractivity contribution < 1.29 is 4.79 Å². The van der Waals surface area contributed by atoms with Crippen LogP contribution < -0.4 is 5.32 Å². The first-order valence-electron chi connectivity index (χ1n) is 7.22. The van der Waals surface area contributed by atoms with E-state index in [9.17, 15) is 4.79 Å². The van der Waals surface area contributed by atoms with Gasteiger partial charge in [0.05, 0.1) is 6.04 Å². The Balaban J connectivity index is 0.00000137. The lowest BCUT2D eigenvalue weighted by atomic mass is 9.87. The van der Waals surface area contributed by atoms with Crippen molar-refractivity contribution in [2.75, 3.05) is 13.6 Å². The van der Waals surface area contributed by atoms with Crippen molar-refractivity contribution in [2.45, 2.75) is 59.5 Å². The SMILES string of the molecule is C/C=C\C1CCCN(C(C)C)C1C(=O)NC.CC. The number of nitrogens with one attached hydrogen (secondary N) is 1. The van der Waals surface area contributed by atoms with Gasteiger partial charge in [-0.1, -0.05) is 26.0 Å². The number of amides is 1. The van der Waals surface area contributed by atoms with Crippen molar-refractivity contribution in [3.63, 3.8) is 0 Å². The summed E-state index contributed by atoms with van der Waals surface area (Å²) >= 11 is 0. The van der Waals surface area contributed by atoms with Crippen LogP contribution in [0.4, 0.5) is 0 Å². The van der Waals surface area contributed by atoms with Gasteiger partial charge in [-0.05, 0) is 40.2 Å². The molecule has 1 saturated heterocycles. The van der Waals surface area contributed by atoms with Crippen molar-refractivity contribution in [1.29, 1.82) is 0 Å². The summed E-state index contributed by atoms with van der Waals surface area (Å²) in [6.07, 6.45) is 6.53. The van der Waals surface area contributed by atoms with Crippen LogP contribution in [0.15, 0.2) is 12.2 Å². The lowest BCUT2D eigenvalue weighted by Gasteiger charge is -2.41. The van der Waals surface area contributed by atoms with E-state index in [-0.39, 0.29) is 11.9 Å². The van der Waals surface area contributed by atoms with Gasteiger partial charge in [0.15, 0.2) is 0 Å². The van der Waals surface area contributed by atoms with E-state index in [1.807, 2.05) is 20.8 Å². The van der Waals surface area contributed by atoms with Crippen LogP contribution in [-0.2, 0) is 4.79 Å². The zero-order valence-electron chi connectivity index (χ0n) is 12.9. The van der Waals surface area contributed by atoms with Gasteiger partial charge in [0, 0.05) is 19.0 Å². The highest BCUT2D eigenvalue weighted by Crippen LogP contribution is 2.26. The van der Waals surface area contributed by atoms with E-state index in [4.69, 9.17) is 0 Å². The molecule has 0 bridgehead atoms. The van der Waals surface area contributed by atoms with Crippen LogP contribution in [0.2, 0.25) is 0 Å². The maximum Gasteiger partial charge on any atom is 0.237 e. The second kappa shape index (κ2) is 9.15. The van der Waals surface area contributed by atoms with E-state index in [2.05, 4.69) is 36.2 Å². The molecule has 1 aliphatic rings. The summed E-state index contributed by atoms with van der Waals surface area (Å²) in [5, 5.41) is 2.79. The minimum absolute atomic E-state index is 0.00921. The number of hydrogen-bond acceptors (Lipinski definition) is 2. The molecular weight excluding hydrogens is 224 g/mol. The van der Waals surface area contributed by atoms with Crippen LogP contribution in [0.3, 0.4) is 0 Å². The first-order chi connectivity index (χ1) is 8.61. The molecule has 18 heavy (non-hydrogen) atoms. The highest BCUT2D eigenvalue weighted by Gasteiger charge is 2.35. The molecule has 1 amide bonds. The van der Waals surface area contributed by atoms with Crippen molar-refractivity contribution >= 4 is 5.91 Å². The van der Waals surface area contributed by atoms with Gasteiger partial charge in [-0.2, -0.15) is 0 Å². The van der Waals surface area contributed by atoms with Crippen molar-refractivity contribution in [3.05, 3.63) is 12.2 Å². The molecule has 0 radical (unpaired) electrons. The summed E-state index contributed by atoms with van der Waals surface area (Å²) in [6, 6.07) is 0.435. The third kappa shape index (κ3) is 4.45. The van der Waals surface area contributed by atoms with E-state index in [1.165, 1.54) is 6.42 Å². The standard InChI is InChI=1S/C13H24N2O.C2H6/c1-5-7-11-8-6-9-15(10(2)3)12(11)13(16)14-4;1-2/h5,7,10-12H,6,8-9H2,1-4H3,(H,14,16);1-2H3/b7-5-;. The molecule has 2 unspecified atom stereocenters.